The molecule has 0 saturated heterocycles. The minimum atomic E-state index is -3.14. The first-order valence-corrected chi connectivity index (χ1v) is 10.5. The van der Waals surface area contributed by atoms with Crippen LogP contribution in [0.3, 0.4) is 0 Å². The maximum Gasteiger partial charge on any atom is 0.251 e. The van der Waals surface area contributed by atoms with Crippen molar-refractivity contribution >= 4 is 15.7 Å². The third-order valence-electron chi connectivity index (χ3n) is 4.09. The van der Waals surface area contributed by atoms with E-state index < -0.39 is 9.84 Å². The lowest BCUT2D eigenvalue weighted by Crippen LogP contribution is -2.23. The van der Waals surface area contributed by atoms with Gasteiger partial charge in [-0.15, -0.1) is 0 Å². The number of carbonyl (C=O) groups excluding carboxylic acids is 1. The van der Waals surface area contributed by atoms with Crippen LogP contribution in [0.4, 0.5) is 0 Å². The fourth-order valence-electron chi connectivity index (χ4n) is 2.84. The summed E-state index contributed by atoms with van der Waals surface area (Å²) >= 11 is 0. The average Bonchev–Trinajstić information content (AvgIpc) is 3.12. The highest BCUT2D eigenvalue weighted by Crippen LogP contribution is 2.12. The van der Waals surface area contributed by atoms with Gasteiger partial charge in [-0.25, -0.2) is 13.4 Å². The maximum atomic E-state index is 12.5. The van der Waals surface area contributed by atoms with Crippen LogP contribution in [-0.4, -0.2) is 30.1 Å². The number of rotatable bonds is 7. The van der Waals surface area contributed by atoms with Gasteiger partial charge in [0.1, 0.15) is 0 Å². The maximum absolute atomic E-state index is 12.5. The van der Waals surface area contributed by atoms with Crippen LogP contribution in [0.1, 0.15) is 27.0 Å². The van der Waals surface area contributed by atoms with Crippen molar-refractivity contribution in [2.75, 3.05) is 6.26 Å². The molecule has 0 saturated carbocycles. The second-order valence-corrected chi connectivity index (χ2v) is 8.60. The number of amides is 1. The van der Waals surface area contributed by atoms with Crippen LogP contribution in [-0.2, 0) is 28.7 Å². The Morgan fingerprint density at radius 3 is 2.59 bits per heavy atom. The topological polar surface area (TPSA) is 81.1 Å². The lowest BCUT2D eigenvalue weighted by molar-refractivity contribution is 0.0950. The van der Waals surface area contributed by atoms with E-state index in [9.17, 15) is 13.2 Å². The van der Waals surface area contributed by atoms with E-state index in [1.807, 2.05) is 35.0 Å². The molecule has 0 spiro atoms. The molecule has 1 heterocycles. The van der Waals surface area contributed by atoms with Crippen molar-refractivity contribution in [3.05, 3.63) is 89.5 Å². The third-order valence-corrected chi connectivity index (χ3v) is 4.95. The second kappa shape index (κ2) is 8.18. The second-order valence-electron chi connectivity index (χ2n) is 6.46. The fraction of sp³-hybridized carbons (Fsp3) is 0.200. The number of hydrogen-bond donors (Lipinski definition) is 1. The number of nitrogens with one attached hydrogen (secondary N) is 1. The molecule has 3 rings (SSSR count). The highest BCUT2D eigenvalue weighted by molar-refractivity contribution is 7.89. The molecule has 0 aliphatic rings. The Morgan fingerprint density at radius 1 is 1.11 bits per heavy atom. The summed E-state index contributed by atoms with van der Waals surface area (Å²) in [7, 11) is -3.14. The Hall–Kier alpha value is -2.93. The molecule has 0 unspecified atom stereocenters. The summed E-state index contributed by atoms with van der Waals surface area (Å²) in [5.41, 5.74) is 3.17. The molecular weight excluding hydrogens is 362 g/mol. The number of sulfone groups is 1. The fourth-order valence-corrected chi connectivity index (χ4v) is 3.63. The van der Waals surface area contributed by atoms with E-state index in [0.717, 1.165) is 11.1 Å². The van der Waals surface area contributed by atoms with Crippen molar-refractivity contribution in [3.8, 4) is 0 Å². The Balaban J connectivity index is 1.69. The largest absolute Gasteiger partial charge is 0.348 e. The van der Waals surface area contributed by atoms with E-state index in [2.05, 4.69) is 10.3 Å². The van der Waals surface area contributed by atoms with E-state index in [1.54, 1.807) is 36.8 Å². The Morgan fingerprint density at radius 2 is 1.89 bits per heavy atom. The first-order chi connectivity index (χ1) is 12.9. The Bertz CT molecular complexity index is 1030. The zero-order chi connectivity index (χ0) is 19.3. The van der Waals surface area contributed by atoms with Crippen LogP contribution in [0.5, 0.6) is 0 Å². The van der Waals surface area contributed by atoms with Crippen LogP contribution in [0, 0.1) is 0 Å². The number of benzene rings is 2. The molecule has 27 heavy (non-hydrogen) atoms. The van der Waals surface area contributed by atoms with Gasteiger partial charge in [-0.1, -0.05) is 36.4 Å². The Labute approximate surface area is 158 Å². The van der Waals surface area contributed by atoms with Crippen LogP contribution < -0.4 is 5.32 Å². The molecule has 0 radical (unpaired) electrons. The lowest BCUT2D eigenvalue weighted by Gasteiger charge is -2.12. The summed E-state index contributed by atoms with van der Waals surface area (Å²) in [4.78, 5) is 16.5. The first kappa shape index (κ1) is 18.8. The van der Waals surface area contributed by atoms with Crippen LogP contribution in [0.15, 0.2) is 67.3 Å². The quantitative estimate of drug-likeness (QED) is 0.679. The number of carbonyl (C=O) groups is 1. The predicted molar refractivity (Wildman–Crippen MR) is 104 cm³/mol. The molecule has 0 aliphatic carbocycles. The summed E-state index contributed by atoms with van der Waals surface area (Å²) in [6.07, 6.45) is 6.55. The first-order valence-electron chi connectivity index (χ1n) is 8.48. The minimum absolute atomic E-state index is 0.0815. The SMILES string of the molecule is CS(=O)(=O)Cc1cccc(C(=O)NCc2ccccc2Cn2ccnc2)c1. The molecule has 0 aliphatic heterocycles. The van der Waals surface area contributed by atoms with Gasteiger partial charge in [-0.05, 0) is 28.8 Å². The molecule has 1 N–H and O–H groups in total. The van der Waals surface area contributed by atoms with Crippen molar-refractivity contribution in [1.82, 2.24) is 14.9 Å². The van der Waals surface area contributed by atoms with Gasteiger partial charge in [0.2, 0.25) is 0 Å². The zero-order valence-electron chi connectivity index (χ0n) is 15.0. The average molecular weight is 383 g/mol. The molecule has 0 atom stereocenters. The summed E-state index contributed by atoms with van der Waals surface area (Å²) in [6, 6.07) is 14.6. The minimum Gasteiger partial charge on any atom is -0.348 e. The van der Waals surface area contributed by atoms with E-state index in [1.165, 1.54) is 6.26 Å². The van der Waals surface area contributed by atoms with Gasteiger partial charge >= 0.3 is 0 Å². The normalized spacial score (nSPS) is 11.3. The molecule has 1 amide bonds. The van der Waals surface area contributed by atoms with Gasteiger partial charge in [0, 0.05) is 37.3 Å². The summed E-state index contributed by atoms with van der Waals surface area (Å²) in [6.45, 7) is 1.07. The van der Waals surface area contributed by atoms with Gasteiger partial charge in [-0.2, -0.15) is 0 Å². The molecule has 6 nitrogen and oxygen atoms in total. The van der Waals surface area contributed by atoms with E-state index in [-0.39, 0.29) is 11.7 Å². The smallest absolute Gasteiger partial charge is 0.251 e. The molecule has 1 aromatic heterocycles. The highest BCUT2D eigenvalue weighted by Gasteiger charge is 2.10. The predicted octanol–water partition coefficient (Wildman–Crippen LogP) is 2.41. The summed E-state index contributed by atoms with van der Waals surface area (Å²) in [5.74, 6) is -0.315. The molecule has 2 aromatic carbocycles. The van der Waals surface area contributed by atoms with E-state index >= 15 is 0 Å². The van der Waals surface area contributed by atoms with E-state index in [0.29, 0.717) is 24.2 Å². The monoisotopic (exact) mass is 383 g/mol. The molecule has 0 fully saturated rings. The standard InChI is InChI=1S/C20H21N3O3S/c1-27(25,26)14-16-5-4-8-17(11-16)20(24)22-12-18-6-2-3-7-19(18)13-23-10-9-21-15-23/h2-11,15H,12-14H2,1H3,(H,22,24). The molecular formula is C20H21N3O3S. The van der Waals surface area contributed by atoms with Crippen molar-refractivity contribution in [2.45, 2.75) is 18.8 Å². The number of hydrogen-bond acceptors (Lipinski definition) is 4. The van der Waals surface area contributed by atoms with Crippen molar-refractivity contribution in [2.24, 2.45) is 0 Å². The van der Waals surface area contributed by atoms with Crippen LogP contribution in [0.25, 0.3) is 0 Å². The summed E-state index contributed by atoms with van der Waals surface area (Å²) < 4.78 is 24.9. The molecule has 0 bridgehead atoms. The van der Waals surface area contributed by atoms with Crippen molar-refractivity contribution in [1.29, 1.82) is 0 Å². The third kappa shape index (κ3) is 5.52. The van der Waals surface area contributed by atoms with Crippen molar-refractivity contribution < 1.29 is 13.2 Å². The van der Waals surface area contributed by atoms with Gasteiger partial charge in [-0.3, -0.25) is 4.79 Å². The number of imidazole rings is 1. The molecule has 3 aromatic rings. The van der Waals surface area contributed by atoms with Gasteiger partial charge in [0.15, 0.2) is 9.84 Å². The van der Waals surface area contributed by atoms with E-state index in [4.69, 9.17) is 0 Å². The Kier molecular flexibility index (Phi) is 5.71. The van der Waals surface area contributed by atoms with Crippen LogP contribution in [0.2, 0.25) is 0 Å². The molecule has 140 valence electrons. The summed E-state index contributed by atoms with van der Waals surface area (Å²) in [5, 5.41) is 2.91. The highest BCUT2D eigenvalue weighted by atomic mass is 32.2. The van der Waals surface area contributed by atoms with Gasteiger partial charge in [0.25, 0.3) is 5.91 Å². The van der Waals surface area contributed by atoms with Crippen molar-refractivity contribution in [3.63, 3.8) is 0 Å². The molecule has 7 heteroatoms. The van der Waals surface area contributed by atoms with Crippen LogP contribution >= 0.6 is 0 Å². The number of nitrogens with zero attached hydrogens (tertiary/aromatic N) is 2. The number of aromatic nitrogens is 2. The zero-order valence-corrected chi connectivity index (χ0v) is 15.8. The van der Waals surface area contributed by atoms with Gasteiger partial charge < -0.3 is 9.88 Å². The lowest BCUT2D eigenvalue weighted by atomic mass is 10.1. The van der Waals surface area contributed by atoms with Gasteiger partial charge in [0.05, 0.1) is 12.1 Å².